The monoisotopic (exact) mass is 203 g/mol. The van der Waals surface area contributed by atoms with Gasteiger partial charge in [0.25, 0.3) is 0 Å². The fourth-order valence-electron chi connectivity index (χ4n) is 1.30. The fraction of sp³-hybridized carbons (Fsp3) is 0.300. The van der Waals surface area contributed by atoms with Gasteiger partial charge in [0, 0.05) is 19.8 Å². The topological polar surface area (TPSA) is 55.6 Å². The van der Waals surface area contributed by atoms with Crippen molar-refractivity contribution in [3.8, 4) is 11.4 Å². The van der Waals surface area contributed by atoms with Crippen LogP contribution >= 0.6 is 0 Å². The molecule has 0 spiro atoms. The maximum Gasteiger partial charge on any atom is 0.148 e. The summed E-state index contributed by atoms with van der Waals surface area (Å²) < 4.78 is 1.75. The van der Waals surface area contributed by atoms with E-state index in [2.05, 4.69) is 20.6 Å². The normalized spacial score (nSPS) is 10.3. The summed E-state index contributed by atoms with van der Waals surface area (Å²) in [6, 6.07) is 5.73. The Hall–Kier alpha value is -1.91. The second-order valence-electron chi connectivity index (χ2n) is 3.21. The molecule has 15 heavy (non-hydrogen) atoms. The fourth-order valence-corrected chi connectivity index (χ4v) is 1.30. The van der Waals surface area contributed by atoms with Crippen LogP contribution in [0.15, 0.2) is 24.4 Å². The minimum atomic E-state index is 0.789. The summed E-state index contributed by atoms with van der Waals surface area (Å²) in [6.07, 6.45) is 1.88. The maximum absolute atomic E-state index is 4.25. The Kier molecular flexibility index (Phi) is 2.62. The first-order chi connectivity index (χ1) is 7.29. The van der Waals surface area contributed by atoms with Crippen molar-refractivity contribution >= 4 is 5.82 Å². The number of nitrogens with zero attached hydrogens (tertiary/aromatic N) is 4. The highest BCUT2D eigenvalue weighted by Gasteiger charge is 2.03. The average molecular weight is 203 g/mol. The van der Waals surface area contributed by atoms with Gasteiger partial charge in [0.15, 0.2) is 0 Å². The first-order valence-electron chi connectivity index (χ1n) is 4.87. The molecule has 0 fully saturated rings. The summed E-state index contributed by atoms with van der Waals surface area (Å²) in [5, 5.41) is 15.5. The second-order valence-corrected chi connectivity index (χ2v) is 3.21. The highest BCUT2D eigenvalue weighted by molar-refractivity contribution is 5.54. The van der Waals surface area contributed by atoms with Crippen LogP contribution in [-0.4, -0.2) is 26.5 Å². The SMILES string of the molecule is CCNc1ccc(-c2ccn(C)n2)nn1. The van der Waals surface area contributed by atoms with Gasteiger partial charge in [0.2, 0.25) is 0 Å². The molecule has 0 saturated heterocycles. The third-order valence-electron chi connectivity index (χ3n) is 2.00. The van der Waals surface area contributed by atoms with Gasteiger partial charge in [-0.15, -0.1) is 10.2 Å². The van der Waals surface area contributed by atoms with Crippen molar-refractivity contribution in [3.05, 3.63) is 24.4 Å². The quantitative estimate of drug-likeness (QED) is 0.817. The van der Waals surface area contributed by atoms with Gasteiger partial charge in [0.05, 0.1) is 0 Å². The van der Waals surface area contributed by atoms with Gasteiger partial charge < -0.3 is 5.32 Å². The van der Waals surface area contributed by atoms with Crippen molar-refractivity contribution in [2.24, 2.45) is 7.05 Å². The van der Waals surface area contributed by atoms with Crippen LogP contribution < -0.4 is 5.32 Å². The van der Waals surface area contributed by atoms with Crippen molar-refractivity contribution in [1.82, 2.24) is 20.0 Å². The van der Waals surface area contributed by atoms with E-state index in [1.807, 2.05) is 38.4 Å². The number of nitrogens with one attached hydrogen (secondary N) is 1. The Morgan fingerprint density at radius 2 is 2.07 bits per heavy atom. The van der Waals surface area contributed by atoms with Crippen LogP contribution in [0.5, 0.6) is 0 Å². The minimum Gasteiger partial charge on any atom is -0.369 e. The molecule has 2 heterocycles. The largest absolute Gasteiger partial charge is 0.369 e. The van der Waals surface area contributed by atoms with E-state index in [0.29, 0.717) is 0 Å². The smallest absolute Gasteiger partial charge is 0.148 e. The average Bonchev–Trinajstić information content (AvgIpc) is 2.67. The molecule has 0 atom stereocenters. The molecule has 5 nitrogen and oxygen atoms in total. The molecule has 0 saturated carbocycles. The Bertz CT molecular complexity index is 431. The van der Waals surface area contributed by atoms with Gasteiger partial charge >= 0.3 is 0 Å². The van der Waals surface area contributed by atoms with Gasteiger partial charge in [-0.25, -0.2) is 0 Å². The third-order valence-corrected chi connectivity index (χ3v) is 2.00. The van der Waals surface area contributed by atoms with Gasteiger partial charge in [-0.2, -0.15) is 5.10 Å². The van der Waals surface area contributed by atoms with Crippen LogP contribution in [0.2, 0.25) is 0 Å². The lowest BCUT2D eigenvalue weighted by atomic mass is 10.3. The Morgan fingerprint density at radius 3 is 2.60 bits per heavy atom. The lowest BCUT2D eigenvalue weighted by molar-refractivity contribution is 0.769. The predicted molar refractivity (Wildman–Crippen MR) is 58.4 cm³/mol. The molecule has 0 unspecified atom stereocenters. The van der Waals surface area contributed by atoms with E-state index in [9.17, 15) is 0 Å². The van der Waals surface area contributed by atoms with Crippen LogP contribution in [0.1, 0.15) is 6.92 Å². The van der Waals surface area contributed by atoms with E-state index in [1.54, 1.807) is 4.68 Å². The van der Waals surface area contributed by atoms with Crippen molar-refractivity contribution in [1.29, 1.82) is 0 Å². The number of hydrogen-bond acceptors (Lipinski definition) is 4. The van der Waals surface area contributed by atoms with Crippen LogP contribution in [-0.2, 0) is 7.05 Å². The molecule has 2 rings (SSSR count). The second kappa shape index (κ2) is 4.08. The number of anilines is 1. The number of aromatic nitrogens is 4. The summed E-state index contributed by atoms with van der Waals surface area (Å²) in [5.74, 6) is 0.789. The highest BCUT2D eigenvalue weighted by atomic mass is 15.3. The van der Waals surface area contributed by atoms with Crippen molar-refractivity contribution in [2.45, 2.75) is 6.92 Å². The summed E-state index contributed by atoms with van der Waals surface area (Å²) >= 11 is 0. The highest BCUT2D eigenvalue weighted by Crippen LogP contribution is 2.13. The molecule has 0 bridgehead atoms. The number of hydrogen-bond donors (Lipinski definition) is 1. The van der Waals surface area contributed by atoms with Crippen LogP contribution in [0.4, 0.5) is 5.82 Å². The third kappa shape index (κ3) is 2.12. The zero-order valence-electron chi connectivity index (χ0n) is 8.81. The summed E-state index contributed by atoms with van der Waals surface area (Å²) in [5.41, 5.74) is 1.63. The molecule has 0 aliphatic carbocycles. The first-order valence-corrected chi connectivity index (χ1v) is 4.87. The van der Waals surface area contributed by atoms with Crippen molar-refractivity contribution < 1.29 is 0 Å². The van der Waals surface area contributed by atoms with E-state index >= 15 is 0 Å². The maximum atomic E-state index is 4.25. The Labute approximate surface area is 88.1 Å². The lowest BCUT2D eigenvalue weighted by Crippen LogP contribution is -2.00. The molecule has 0 aromatic carbocycles. The Morgan fingerprint density at radius 1 is 1.20 bits per heavy atom. The van der Waals surface area contributed by atoms with Gasteiger partial charge in [0.1, 0.15) is 17.2 Å². The number of aryl methyl sites for hydroxylation is 1. The minimum absolute atomic E-state index is 0.789. The van der Waals surface area contributed by atoms with Crippen molar-refractivity contribution in [3.63, 3.8) is 0 Å². The van der Waals surface area contributed by atoms with Crippen LogP contribution in [0, 0.1) is 0 Å². The lowest BCUT2D eigenvalue weighted by Gasteiger charge is -2.00. The molecule has 5 heteroatoms. The van der Waals surface area contributed by atoms with E-state index in [4.69, 9.17) is 0 Å². The van der Waals surface area contributed by atoms with Crippen LogP contribution in [0.25, 0.3) is 11.4 Å². The number of rotatable bonds is 3. The summed E-state index contributed by atoms with van der Waals surface area (Å²) in [6.45, 7) is 2.87. The van der Waals surface area contributed by atoms with Crippen LogP contribution in [0.3, 0.4) is 0 Å². The predicted octanol–water partition coefficient (Wildman–Crippen LogP) is 1.31. The molecule has 1 N–H and O–H groups in total. The molecular formula is C10H13N5. The summed E-state index contributed by atoms with van der Waals surface area (Å²) in [7, 11) is 1.88. The molecule has 2 aromatic heterocycles. The Balaban J connectivity index is 2.23. The molecule has 78 valence electrons. The van der Waals surface area contributed by atoms with Gasteiger partial charge in [-0.05, 0) is 25.1 Å². The molecule has 0 aliphatic rings. The zero-order valence-corrected chi connectivity index (χ0v) is 8.81. The van der Waals surface area contributed by atoms with Gasteiger partial charge in [-0.1, -0.05) is 0 Å². The van der Waals surface area contributed by atoms with Gasteiger partial charge in [-0.3, -0.25) is 4.68 Å². The van der Waals surface area contributed by atoms with E-state index in [-0.39, 0.29) is 0 Å². The molecule has 0 aliphatic heterocycles. The van der Waals surface area contributed by atoms with E-state index in [0.717, 1.165) is 23.8 Å². The summed E-state index contributed by atoms with van der Waals surface area (Å²) in [4.78, 5) is 0. The van der Waals surface area contributed by atoms with E-state index in [1.165, 1.54) is 0 Å². The molecule has 2 aromatic rings. The van der Waals surface area contributed by atoms with E-state index < -0.39 is 0 Å². The zero-order chi connectivity index (χ0) is 10.7. The standard InChI is InChI=1S/C10H13N5/c1-3-11-10-5-4-8(12-13-10)9-6-7-15(2)14-9/h4-7H,3H2,1-2H3,(H,11,13). The van der Waals surface area contributed by atoms with Crippen molar-refractivity contribution in [2.75, 3.05) is 11.9 Å². The first kappa shape index (κ1) is 9.64. The molecular weight excluding hydrogens is 190 g/mol. The molecule has 0 amide bonds. The molecule has 0 radical (unpaired) electrons.